The first-order chi connectivity index (χ1) is 24.1. The zero-order chi connectivity index (χ0) is 35.3. The predicted molar refractivity (Wildman–Crippen MR) is 187 cm³/mol. The molecule has 1 aromatic heterocycles. The van der Waals surface area contributed by atoms with Gasteiger partial charge in [0.15, 0.2) is 0 Å². The van der Waals surface area contributed by atoms with E-state index in [-0.39, 0.29) is 57.7 Å². The highest BCUT2D eigenvalue weighted by Gasteiger charge is 2.26. The first-order valence-corrected chi connectivity index (χ1v) is 15.8. The molecule has 6 rings (SSSR count). The molecule has 1 heterocycles. The van der Waals surface area contributed by atoms with Crippen molar-refractivity contribution in [2.24, 2.45) is 0 Å². The lowest BCUT2D eigenvalue weighted by atomic mass is 9.95. The lowest BCUT2D eigenvalue weighted by Crippen LogP contribution is -2.20. The summed E-state index contributed by atoms with van der Waals surface area (Å²) in [4.78, 5) is 53.4. The van der Waals surface area contributed by atoms with E-state index >= 15 is 0 Å². The molecule has 0 aliphatic rings. The zero-order valence-corrected chi connectivity index (χ0v) is 27.3. The molecule has 6 aromatic rings. The van der Waals surface area contributed by atoms with Crippen molar-refractivity contribution < 1.29 is 38.1 Å². The number of benzene rings is 5. The second-order valence-corrected chi connectivity index (χ2v) is 12.1. The maximum atomic E-state index is 14.3. The molecule has 0 bridgehead atoms. The number of hydrogen-bond acceptors (Lipinski definition) is 9. The van der Waals surface area contributed by atoms with Crippen molar-refractivity contribution in [1.29, 1.82) is 0 Å². The van der Waals surface area contributed by atoms with Gasteiger partial charge in [-0.1, -0.05) is 66.7 Å². The van der Waals surface area contributed by atoms with E-state index in [4.69, 9.17) is 18.6 Å². The summed E-state index contributed by atoms with van der Waals surface area (Å²) in [6.45, 7) is 3.27. The van der Waals surface area contributed by atoms with Crippen molar-refractivity contribution in [2.45, 2.75) is 32.3 Å². The normalized spacial score (nSPS) is 11.2. The summed E-state index contributed by atoms with van der Waals surface area (Å²) in [6, 6.07) is 32.8. The molecule has 0 saturated carbocycles. The highest BCUT2D eigenvalue weighted by Crippen LogP contribution is 2.38. The van der Waals surface area contributed by atoms with Crippen LogP contribution in [-0.4, -0.2) is 28.6 Å². The van der Waals surface area contributed by atoms with Crippen LogP contribution >= 0.6 is 0 Å². The van der Waals surface area contributed by atoms with Gasteiger partial charge in [0.25, 0.3) is 0 Å². The monoisotopic (exact) mass is 668 g/mol. The Morgan fingerprint density at radius 2 is 1.14 bits per heavy atom. The molecule has 0 radical (unpaired) electrons. The number of fused-ring (bicyclic) bond motifs is 1. The summed E-state index contributed by atoms with van der Waals surface area (Å²) < 4.78 is 23.3. The van der Waals surface area contributed by atoms with Gasteiger partial charge in [0.2, 0.25) is 5.43 Å². The molecule has 0 aliphatic heterocycles. The third-order valence-electron chi connectivity index (χ3n) is 7.87. The van der Waals surface area contributed by atoms with Gasteiger partial charge in [-0.2, -0.15) is 0 Å². The summed E-state index contributed by atoms with van der Waals surface area (Å²) >= 11 is 0. The van der Waals surface area contributed by atoms with E-state index < -0.39 is 28.9 Å². The Morgan fingerprint density at radius 1 is 0.660 bits per heavy atom. The molecule has 9 nitrogen and oxygen atoms in total. The fourth-order valence-electron chi connectivity index (χ4n) is 5.25. The Bertz CT molecular complexity index is 2220. The van der Waals surface area contributed by atoms with Gasteiger partial charge in [0, 0.05) is 11.6 Å². The van der Waals surface area contributed by atoms with Gasteiger partial charge in [-0.15, -0.1) is 0 Å². The van der Waals surface area contributed by atoms with Crippen molar-refractivity contribution in [1.82, 2.24) is 0 Å². The van der Waals surface area contributed by atoms with Crippen LogP contribution in [0.15, 0.2) is 137 Å². The Morgan fingerprint density at radius 3 is 1.64 bits per heavy atom. The highest BCUT2D eigenvalue weighted by molar-refractivity contribution is 5.98. The van der Waals surface area contributed by atoms with Crippen LogP contribution in [-0.2, 0) is 6.42 Å². The molecule has 0 saturated heterocycles. The average molecular weight is 669 g/mol. The lowest BCUT2D eigenvalue weighted by molar-refractivity contribution is 0.0700. The van der Waals surface area contributed by atoms with Crippen molar-refractivity contribution in [3.8, 4) is 28.4 Å². The second kappa shape index (κ2) is 14.4. The van der Waals surface area contributed by atoms with E-state index in [1.807, 2.05) is 0 Å². The summed E-state index contributed by atoms with van der Waals surface area (Å²) in [7, 11) is 0. The largest absolute Gasteiger partial charge is 0.463 e. The quantitative estimate of drug-likeness (QED) is 0.115. The van der Waals surface area contributed by atoms with E-state index in [2.05, 4.69) is 0 Å². The molecule has 50 heavy (non-hydrogen) atoms. The topological polar surface area (TPSA) is 129 Å². The number of rotatable bonds is 10. The molecule has 0 aliphatic carbocycles. The van der Waals surface area contributed by atoms with Gasteiger partial charge in [0.05, 0.1) is 27.9 Å². The summed E-state index contributed by atoms with van der Waals surface area (Å²) in [5.74, 6) is -1.86. The van der Waals surface area contributed by atoms with Crippen molar-refractivity contribution in [3.05, 3.63) is 160 Å². The molecule has 0 spiro atoms. The van der Waals surface area contributed by atoms with E-state index in [0.29, 0.717) is 16.7 Å². The third-order valence-corrected chi connectivity index (χ3v) is 7.87. The fourth-order valence-corrected chi connectivity index (χ4v) is 5.25. The molecule has 0 fully saturated rings. The van der Waals surface area contributed by atoms with Crippen LogP contribution in [0.5, 0.6) is 17.2 Å². The van der Waals surface area contributed by atoms with Crippen molar-refractivity contribution in [2.75, 3.05) is 0 Å². The van der Waals surface area contributed by atoms with Crippen molar-refractivity contribution >= 4 is 28.9 Å². The van der Waals surface area contributed by atoms with Crippen LogP contribution in [0.1, 0.15) is 56.9 Å². The predicted octanol–water partition coefficient (Wildman–Crippen LogP) is 7.82. The number of carbonyl (C=O) groups excluding carboxylic acids is 3. The van der Waals surface area contributed by atoms with Crippen LogP contribution in [0, 0.1) is 0 Å². The molecule has 1 N–H and O–H groups in total. The fraction of sp³-hybridized carbons (Fsp3) is 0.122. The van der Waals surface area contributed by atoms with Crippen LogP contribution in [0.4, 0.5) is 0 Å². The highest BCUT2D eigenvalue weighted by atomic mass is 16.5. The van der Waals surface area contributed by atoms with Crippen molar-refractivity contribution in [3.63, 3.8) is 0 Å². The Balaban J connectivity index is 1.45. The summed E-state index contributed by atoms with van der Waals surface area (Å²) in [5, 5.41) is 10.5. The van der Waals surface area contributed by atoms with E-state index in [1.54, 1.807) is 129 Å². The first kappa shape index (κ1) is 33.6. The number of esters is 3. The molecule has 0 amide bonds. The molecular formula is C41H32O9. The van der Waals surface area contributed by atoms with E-state index in [0.717, 1.165) is 0 Å². The Kier molecular flexibility index (Phi) is 9.69. The summed E-state index contributed by atoms with van der Waals surface area (Å²) in [5.41, 5.74) is 0.200. The first-order valence-electron chi connectivity index (χ1n) is 15.8. The van der Waals surface area contributed by atoms with Crippen LogP contribution in [0.2, 0.25) is 0 Å². The standard InChI is InChI=1S/C41H32O9/c1-41(2,46)23-22-31-33(49-39(44)28-14-8-4-9-15-28)24-34(50-40(45)29-16-10-5-11-17-29)35-36(42)32(25-47-37(31)35)26-18-20-30(21-19-26)48-38(43)27-12-6-3-7-13-27/h3-21,24-25,46H,22-23H2,1-2H3. The van der Waals surface area contributed by atoms with Gasteiger partial charge in [0.1, 0.15) is 34.5 Å². The number of ether oxygens (including phenoxy) is 3. The SMILES string of the molecule is CC(C)(O)CCc1c(OC(=O)c2ccccc2)cc(OC(=O)c2ccccc2)c2c(=O)c(-c3ccc(OC(=O)c4ccccc4)cc3)coc12. The van der Waals surface area contributed by atoms with Gasteiger partial charge in [-0.25, -0.2) is 14.4 Å². The molecule has 0 unspecified atom stereocenters. The minimum Gasteiger partial charge on any atom is -0.463 e. The third kappa shape index (κ3) is 7.69. The van der Waals surface area contributed by atoms with E-state index in [1.165, 1.54) is 12.3 Å². The number of aliphatic hydroxyl groups is 1. The van der Waals surface area contributed by atoms with E-state index in [9.17, 15) is 24.3 Å². The number of aryl methyl sites for hydroxylation is 1. The maximum Gasteiger partial charge on any atom is 0.343 e. The molecule has 250 valence electrons. The summed E-state index contributed by atoms with van der Waals surface area (Å²) in [6.07, 6.45) is 1.64. The van der Waals surface area contributed by atoms with Gasteiger partial charge in [-0.3, -0.25) is 4.79 Å². The minimum absolute atomic E-state index is 0.00643. The molecule has 5 aromatic carbocycles. The van der Waals surface area contributed by atoms with Crippen LogP contribution < -0.4 is 19.6 Å². The second-order valence-electron chi connectivity index (χ2n) is 12.1. The maximum absolute atomic E-state index is 14.3. The number of hydrogen-bond donors (Lipinski definition) is 1. The lowest BCUT2D eigenvalue weighted by Gasteiger charge is -2.20. The average Bonchev–Trinajstić information content (AvgIpc) is 3.12. The Labute approximate surface area is 287 Å². The van der Waals surface area contributed by atoms with Gasteiger partial charge >= 0.3 is 17.9 Å². The molecular weight excluding hydrogens is 636 g/mol. The van der Waals surface area contributed by atoms with Crippen LogP contribution in [0.3, 0.4) is 0 Å². The smallest absolute Gasteiger partial charge is 0.343 e. The number of carbonyl (C=O) groups is 3. The Hall–Kier alpha value is -6.32. The molecule has 0 atom stereocenters. The van der Waals surface area contributed by atoms with Gasteiger partial charge < -0.3 is 23.7 Å². The minimum atomic E-state index is -1.11. The van der Waals surface area contributed by atoms with Gasteiger partial charge in [-0.05, 0) is 80.8 Å². The van der Waals surface area contributed by atoms with Crippen LogP contribution in [0.25, 0.3) is 22.1 Å². The zero-order valence-electron chi connectivity index (χ0n) is 27.3. The molecule has 9 heteroatoms.